The average molecular weight is 192 g/mol. The first-order valence-corrected chi connectivity index (χ1v) is 3.99. The lowest BCUT2D eigenvalue weighted by atomic mass is 10.4. The maximum absolute atomic E-state index is 10.6. The number of nitrogens with two attached hydrogens (primary N) is 1. The number of rotatable bonds is 5. The molecule has 0 aliphatic heterocycles. The molecule has 0 aliphatic rings. The average Bonchev–Trinajstić information content (AvgIpc) is 2.00. The Morgan fingerprint density at radius 3 is 2.58 bits per heavy atom. The summed E-state index contributed by atoms with van der Waals surface area (Å²) in [6.45, 7) is -0.447. The minimum atomic E-state index is -1.17. The molecule has 0 spiro atoms. The predicted octanol–water partition coefficient (Wildman–Crippen LogP) is -0.576. The molecule has 0 amide bonds. The molecule has 0 rings (SSSR count). The van der Waals surface area contributed by atoms with Gasteiger partial charge in [0.1, 0.15) is 12.6 Å². The molecule has 0 saturated heterocycles. The third-order valence-electron chi connectivity index (χ3n) is 0.935. The molecule has 0 aromatic rings. The van der Waals surface area contributed by atoms with Gasteiger partial charge in [-0.05, 0) is 0 Å². The number of aliphatic carboxylic acids is 1. The van der Waals surface area contributed by atoms with Crippen LogP contribution in [-0.2, 0) is 9.59 Å². The molecule has 12 heavy (non-hydrogen) atoms. The van der Waals surface area contributed by atoms with Gasteiger partial charge < -0.3 is 10.8 Å². The van der Waals surface area contributed by atoms with Gasteiger partial charge in [0.25, 0.3) is 0 Å². The number of thioether (sulfide) groups is 1. The number of nitroso groups, excluding NO2 is 1. The maximum Gasteiger partial charge on any atom is 0.321 e. The van der Waals surface area contributed by atoms with Crippen molar-refractivity contribution in [1.29, 1.82) is 0 Å². The van der Waals surface area contributed by atoms with E-state index in [0.717, 1.165) is 0 Å². The van der Waals surface area contributed by atoms with E-state index in [9.17, 15) is 14.5 Å². The Bertz CT molecular complexity index is 196. The Kier molecular flexibility index (Phi) is 5.22. The number of hydrogen-bond donors (Lipinski definition) is 2. The van der Waals surface area contributed by atoms with Crippen molar-refractivity contribution in [3.05, 3.63) is 4.91 Å². The molecule has 0 aliphatic carbocycles. The fourth-order valence-corrected chi connectivity index (χ4v) is 1.00. The van der Waals surface area contributed by atoms with Crippen LogP contribution in [0.2, 0.25) is 0 Å². The molecule has 68 valence electrons. The minimum absolute atomic E-state index is 0.0380. The van der Waals surface area contributed by atoms with Gasteiger partial charge in [-0.2, -0.15) is 4.91 Å². The third kappa shape index (κ3) is 4.80. The minimum Gasteiger partial charge on any atom is -0.480 e. The summed E-state index contributed by atoms with van der Waals surface area (Å²) in [5.74, 6) is -1.21. The lowest BCUT2D eigenvalue weighted by Gasteiger charge is -2.02. The highest BCUT2D eigenvalue weighted by Crippen LogP contribution is 2.03. The highest BCUT2D eigenvalue weighted by Gasteiger charge is 2.13. The van der Waals surface area contributed by atoms with E-state index in [-0.39, 0.29) is 5.75 Å². The lowest BCUT2D eigenvalue weighted by Crippen LogP contribution is -2.33. The zero-order valence-corrected chi connectivity index (χ0v) is 6.91. The van der Waals surface area contributed by atoms with Crippen molar-refractivity contribution < 1.29 is 14.7 Å². The monoisotopic (exact) mass is 192 g/mol. The Hall–Kier alpha value is -0.950. The molecule has 7 heteroatoms. The molecular formula is C5H8N2O4S. The highest BCUT2D eigenvalue weighted by atomic mass is 32.2. The van der Waals surface area contributed by atoms with Crippen molar-refractivity contribution in [2.24, 2.45) is 10.9 Å². The van der Waals surface area contributed by atoms with E-state index in [1.807, 2.05) is 0 Å². The van der Waals surface area contributed by atoms with Crippen LogP contribution in [0.25, 0.3) is 0 Å². The number of carboxylic acids is 1. The van der Waals surface area contributed by atoms with Crippen molar-refractivity contribution in [2.75, 3.05) is 12.3 Å². The van der Waals surface area contributed by atoms with Crippen LogP contribution in [0, 0.1) is 4.91 Å². The molecule has 0 aromatic heterocycles. The largest absolute Gasteiger partial charge is 0.480 e. The number of carboxylic acid groups (broad SMARTS) is 1. The Labute approximate surface area is 72.5 Å². The van der Waals surface area contributed by atoms with E-state index in [4.69, 9.17) is 10.8 Å². The fourth-order valence-electron chi connectivity index (χ4n) is 0.352. The molecule has 6 nitrogen and oxygen atoms in total. The second kappa shape index (κ2) is 5.67. The van der Waals surface area contributed by atoms with Crippen LogP contribution >= 0.6 is 11.8 Å². The molecule has 0 heterocycles. The topological polar surface area (TPSA) is 110 Å². The molecule has 0 bridgehead atoms. The first-order valence-electron chi connectivity index (χ1n) is 3.01. The van der Waals surface area contributed by atoms with Crippen LogP contribution in [0.5, 0.6) is 0 Å². The van der Waals surface area contributed by atoms with Gasteiger partial charge in [0.15, 0.2) is 0 Å². The van der Waals surface area contributed by atoms with Crippen LogP contribution in [0.15, 0.2) is 5.18 Å². The Balaban J connectivity index is 3.60. The molecule has 0 unspecified atom stereocenters. The van der Waals surface area contributed by atoms with Gasteiger partial charge >= 0.3 is 5.97 Å². The van der Waals surface area contributed by atoms with Crippen molar-refractivity contribution >= 4 is 22.8 Å². The summed E-state index contributed by atoms with van der Waals surface area (Å²) in [6.07, 6.45) is 0. The van der Waals surface area contributed by atoms with Crippen LogP contribution in [0.1, 0.15) is 0 Å². The molecule has 1 atom stereocenters. The summed E-state index contributed by atoms with van der Waals surface area (Å²) in [5.41, 5.74) is 5.08. The van der Waals surface area contributed by atoms with E-state index in [1.54, 1.807) is 0 Å². The van der Waals surface area contributed by atoms with Gasteiger partial charge in [0.05, 0.1) is 0 Å². The number of carbonyl (C=O) groups is 2. The van der Waals surface area contributed by atoms with E-state index < -0.39 is 23.7 Å². The van der Waals surface area contributed by atoms with Crippen LogP contribution < -0.4 is 5.73 Å². The molecule has 0 radical (unpaired) electrons. The van der Waals surface area contributed by atoms with Crippen LogP contribution in [0.4, 0.5) is 0 Å². The van der Waals surface area contributed by atoms with Gasteiger partial charge in [-0.1, -0.05) is 16.9 Å². The van der Waals surface area contributed by atoms with E-state index in [2.05, 4.69) is 5.18 Å². The van der Waals surface area contributed by atoms with Crippen molar-refractivity contribution in [3.8, 4) is 0 Å². The van der Waals surface area contributed by atoms with E-state index in [0.29, 0.717) is 11.8 Å². The Morgan fingerprint density at radius 2 is 2.17 bits per heavy atom. The SMILES string of the molecule is N[C@@H](CSC(=O)CN=O)C(=O)O. The summed E-state index contributed by atoms with van der Waals surface area (Å²) in [6, 6.07) is -1.08. The normalized spacial score (nSPS) is 12.1. The van der Waals surface area contributed by atoms with Crippen molar-refractivity contribution in [2.45, 2.75) is 6.04 Å². The summed E-state index contributed by atoms with van der Waals surface area (Å²) in [7, 11) is 0. The highest BCUT2D eigenvalue weighted by molar-refractivity contribution is 8.13. The molecular weight excluding hydrogens is 184 g/mol. The quantitative estimate of drug-likeness (QED) is 0.564. The van der Waals surface area contributed by atoms with E-state index >= 15 is 0 Å². The number of carbonyl (C=O) groups excluding carboxylic acids is 1. The summed E-state index contributed by atoms with van der Waals surface area (Å²) in [5, 5.41) is 10.2. The maximum atomic E-state index is 10.6. The van der Waals surface area contributed by atoms with Crippen LogP contribution in [0.3, 0.4) is 0 Å². The van der Waals surface area contributed by atoms with Gasteiger partial charge in [-0.3, -0.25) is 9.59 Å². The summed E-state index contributed by atoms with van der Waals surface area (Å²) in [4.78, 5) is 30.3. The molecule has 0 aromatic carbocycles. The number of nitrogens with zero attached hydrogens (tertiary/aromatic N) is 1. The van der Waals surface area contributed by atoms with Crippen molar-refractivity contribution in [1.82, 2.24) is 0 Å². The molecule has 0 saturated carbocycles. The van der Waals surface area contributed by atoms with Gasteiger partial charge in [0, 0.05) is 5.75 Å². The molecule has 0 fully saturated rings. The Morgan fingerprint density at radius 1 is 1.58 bits per heavy atom. The molecule has 3 N–H and O–H groups in total. The zero-order chi connectivity index (χ0) is 9.56. The van der Waals surface area contributed by atoms with Crippen molar-refractivity contribution in [3.63, 3.8) is 0 Å². The summed E-state index contributed by atoms with van der Waals surface area (Å²) < 4.78 is 0. The van der Waals surface area contributed by atoms with Gasteiger partial charge in [0.2, 0.25) is 5.12 Å². The summed E-state index contributed by atoms with van der Waals surface area (Å²) >= 11 is 0.699. The van der Waals surface area contributed by atoms with Crippen LogP contribution in [-0.4, -0.2) is 34.5 Å². The van der Waals surface area contributed by atoms with Gasteiger partial charge in [-0.25, -0.2) is 0 Å². The lowest BCUT2D eigenvalue weighted by molar-refractivity contribution is -0.137. The zero-order valence-electron chi connectivity index (χ0n) is 6.10. The van der Waals surface area contributed by atoms with Gasteiger partial charge in [-0.15, -0.1) is 0 Å². The third-order valence-corrected chi connectivity index (χ3v) is 1.91. The second-order valence-electron chi connectivity index (χ2n) is 1.91. The standard InChI is InChI=1S/C5H8N2O4S/c6-3(5(9)10)2-12-4(8)1-7-11/h3H,1-2,6H2,(H,9,10)/t3-/m0/s1. The predicted molar refractivity (Wildman–Crippen MR) is 43.7 cm³/mol. The fraction of sp³-hybridized carbons (Fsp3) is 0.600. The smallest absolute Gasteiger partial charge is 0.321 e. The number of hydrogen-bond acceptors (Lipinski definition) is 6. The van der Waals surface area contributed by atoms with E-state index in [1.165, 1.54) is 0 Å². The second-order valence-corrected chi connectivity index (χ2v) is 2.99. The first kappa shape index (κ1) is 11.1. The first-order chi connectivity index (χ1) is 5.57.